The first-order valence-corrected chi connectivity index (χ1v) is 7.31. The lowest BCUT2D eigenvalue weighted by atomic mass is 10.1. The van der Waals surface area contributed by atoms with Crippen molar-refractivity contribution in [3.05, 3.63) is 59.2 Å². The van der Waals surface area contributed by atoms with E-state index in [9.17, 15) is 4.79 Å². The van der Waals surface area contributed by atoms with Crippen LogP contribution in [0, 0.1) is 0 Å². The molecule has 114 valence electrons. The molecule has 22 heavy (non-hydrogen) atoms. The Bertz CT molecular complexity index is 671. The molecule has 4 heteroatoms. The van der Waals surface area contributed by atoms with Crippen molar-refractivity contribution in [3.63, 3.8) is 0 Å². The van der Waals surface area contributed by atoms with E-state index in [0.717, 1.165) is 12.8 Å². The van der Waals surface area contributed by atoms with Crippen LogP contribution in [0.1, 0.15) is 21.5 Å². The molecule has 0 aromatic heterocycles. The summed E-state index contributed by atoms with van der Waals surface area (Å²) >= 11 is 0. The van der Waals surface area contributed by atoms with Crippen LogP contribution in [0.2, 0.25) is 0 Å². The quantitative estimate of drug-likeness (QED) is 0.943. The number of ether oxygens (including phenoxy) is 2. The molecular formula is C18H19NO3. The van der Waals surface area contributed by atoms with Gasteiger partial charge in [0.15, 0.2) is 0 Å². The minimum atomic E-state index is -0.114. The van der Waals surface area contributed by atoms with Gasteiger partial charge in [-0.15, -0.1) is 0 Å². The molecule has 4 nitrogen and oxygen atoms in total. The number of fused-ring (bicyclic) bond motifs is 1. The summed E-state index contributed by atoms with van der Waals surface area (Å²) in [4.78, 5) is 12.5. The second-order valence-electron chi connectivity index (χ2n) is 5.41. The van der Waals surface area contributed by atoms with Gasteiger partial charge in [0, 0.05) is 12.1 Å². The molecule has 0 saturated carbocycles. The van der Waals surface area contributed by atoms with Gasteiger partial charge in [-0.25, -0.2) is 0 Å². The van der Waals surface area contributed by atoms with Crippen LogP contribution in [0.5, 0.6) is 11.5 Å². The molecule has 1 N–H and O–H groups in total. The second kappa shape index (κ2) is 6.10. The Morgan fingerprint density at radius 3 is 2.32 bits per heavy atom. The van der Waals surface area contributed by atoms with Gasteiger partial charge in [-0.2, -0.15) is 0 Å². The van der Waals surface area contributed by atoms with Crippen LogP contribution in [-0.2, 0) is 12.8 Å². The number of carbonyl (C=O) groups is 1. The minimum Gasteiger partial charge on any atom is -0.497 e. The number of nitrogens with one attached hydrogen (secondary N) is 1. The first-order chi connectivity index (χ1) is 10.7. The summed E-state index contributed by atoms with van der Waals surface area (Å²) < 4.78 is 10.4. The van der Waals surface area contributed by atoms with E-state index in [1.165, 1.54) is 11.1 Å². The maximum absolute atomic E-state index is 12.5. The number of hydrogen-bond donors (Lipinski definition) is 1. The van der Waals surface area contributed by atoms with Crippen LogP contribution in [0.3, 0.4) is 0 Å². The Labute approximate surface area is 130 Å². The molecule has 3 rings (SSSR count). The van der Waals surface area contributed by atoms with Gasteiger partial charge in [0.25, 0.3) is 5.91 Å². The highest BCUT2D eigenvalue weighted by Gasteiger charge is 2.24. The third kappa shape index (κ3) is 2.77. The minimum absolute atomic E-state index is 0.114. The van der Waals surface area contributed by atoms with Crippen LogP contribution in [0.4, 0.5) is 0 Å². The fourth-order valence-electron chi connectivity index (χ4n) is 2.91. The van der Waals surface area contributed by atoms with Crippen LogP contribution in [-0.4, -0.2) is 26.2 Å². The van der Waals surface area contributed by atoms with Crippen molar-refractivity contribution >= 4 is 5.91 Å². The van der Waals surface area contributed by atoms with Gasteiger partial charge in [-0.3, -0.25) is 4.79 Å². The van der Waals surface area contributed by atoms with Gasteiger partial charge < -0.3 is 14.8 Å². The molecule has 0 saturated heterocycles. The Balaban J connectivity index is 1.73. The van der Waals surface area contributed by atoms with Gasteiger partial charge >= 0.3 is 0 Å². The normalized spacial score (nSPS) is 13.5. The molecule has 0 unspecified atom stereocenters. The summed E-state index contributed by atoms with van der Waals surface area (Å²) in [5.74, 6) is 1.08. The highest BCUT2D eigenvalue weighted by Crippen LogP contribution is 2.26. The Hall–Kier alpha value is -2.49. The number of amides is 1. The number of rotatable bonds is 4. The van der Waals surface area contributed by atoms with E-state index in [1.807, 2.05) is 12.1 Å². The lowest BCUT2D eigenvalue weighted by Gasteiger charge is -2.14. The highest BCUT2D eigenvalue weighted by atomic mass is 16.5. The van der Waals surface area contributed by atoms with Crippen molar-refractivity contribution in [2.45, 2.75) is 18.9 Å². The lowest BCUT2D eigenvalue weighted by Crippen LogP contribution is -2.35. The van der Waals surface area contributed by atoms with E-state index in [0.29, 0.717) is 17.1 Å². The molecule has 0 atom stereocenters. The van der Waals surface area contributed by atoms with Crippen LogP contribution in [0.25, 0.3) is 0 Å². The van der Waals surface area contributed by atoms with Crippen molar-refractivity contribution in [2.75, 3.05) is 14.2 Å². The third-order valence-electron chi connectivity index (χ3n) is 4.04. The van der Waals surface area contributed by atoms with Crippen LogP contribution < -0.4 is 14.8 Å². The summed E-state index contributed by atoms with van der Waals surface area (Å²) in [6.45, 7) is 0. The smallest absolute Gasteiger partial charge is 0.255 e. The molecule has 2 aromatic rings. The van der Waals surface area contributed by atoms with Crippen molar-refractivity contribution in [1.82, 2.24) is 5.32 Å². The summed E-state index contributed by atoms with van der Waals surface area (Å²) in [6, 6.07) is 13.7. The second-order valence-corrected chi connectivity index (χ2v) is 5.41. The van der Waals surface area contributed by atoms with E-state index in [2.05, 4.69) is 17.4 Å². The monoisotopic (exact) mass is 297 g/mol. The maximum atomic E-state index is 12.5. The number of benzene rings is 2. The van der Waals surface area contributed by atoms with Crippen molar-refractivity contribution in [1.29, 1.82) is 0 Å². The standard InChI is InChI=1S/C18H19NO3/c1-21-15-7-8-16(17(11-15)22-2)18(20)19-14-9-12-5-3-4-6-13(12)10-14/h3-8,11,14H,9-10H2,1-2H3,(H,19,20). The summed E-state index contributed by atoms with van der Waals surface area (Å²) in [7, 11) is 3.14. The van der Waals surface area contributed by atoms with Crippen molar-refractivity contribution in [3.8, 4) is 11.5 Å². The van der Waals surface area contributed by atoms with Gasteiger partial charge in [0.2, 0.25) is 0 Å². The maximum Gasteiger partial charge on any atom is 0.255 e. The van der Waals surface area contributed by atoms with Crippen LogP contribution in [0.15, 0.2) is 42.5 Å². The van der Waals surface area contributed by atoms with E-state index in [1.54, 1.807) is 32.4 Å². The molecule has 0 spiro atoms. The van der Waals surface area contributed by atoms with Gasteiger partial charge in [-0.05, 0) is 36.1 Å². The zero-order chi connectivity index (χ0) is 15.5. The third-order valence-corrected chi connectivity index (χ3v) is 4.04. The number of methoxy groups -OCH3 is 2. The van der Waals surface area contributed by atoms with Gasteiger partial charge in [0.05, 0.1) is 19.8 Å². The largest absolute Gasteiger partial charge is 0.497 e. The Morgan fingerprint density at radius 2 is 1.73 bits per heavy atom. The fraction of sp³-hybridized carbons (Fsp3) is 0.278. The average Bonchev–Trinajstić information content (AvgIpc) is 2.96. The first-order valence-electron chi connectivity index (χ1n) is 7.31. The Kier molecular flexibility index (Phi) is 4.00. The average molecular weight is 297 g/mol. The van der Waals surface area contributed by atoms with Crippen molar-refractivity contribution < 1.29 is 14.3 Å². The summed E-state index contributed by atoms with van der Waals surface area (Å²) in [5.41, 5.74) is 3.16. The summed E-state index contributed by atoms with van der Waals surface area (Å²) in [5, 5.41) is 3.09. The lowest BCUT2D eigenvalue weighted by molar-refractivity contribution is 0.0935. The Morgan fingerprint density at radius 1 is 1.05 bits per heavy atom. The molecule has 1 aliphatic carbocycles. The molecule has 0 fully saturated rings. The topological polar surface area (TPSA) is 47.6 Å². The highest BCUT2D eigenvalue weighted by molar-refractivity contribution is 5.97. The van der Waals surface area contributed by atoms with Gasteiger partial charge in [0.1, 0.15) is 11.5 Å². The van der Waals surface area contributed by atoms with E-state index < -0.39 is 0 Å². The SMILES string of the molecule is COc1ccc(C(=O)NC2Cc3ccccc3C2)c(OC)c1. The molecule has 0 bridgehead atoms. The molecule has 1 aliphatic rings. The van der Waals surface area contributed by atoms with E-state index in [-0.39, 0.29) is 11.9 Å². The molecule has 1 amide bonds. The van der Waals surface area contributed by atoms with Crippen molar-refractivity contribution in [2.24, 2.45) is 0 Å². The first kappa shape index (κ1) is 14.4. The molecule has 0 aliphatic heterocycles. The van der Waals surface area contributed by atoms with E-state index >= 15 is 0 Å². The predicted octanol–water partition coefficient (Wildman–Crippen LogP) is 2.60. The zero-order valence-electron chi connectivity index (χ0n) is 12.8. The molecule has 0 heterocycles. The zero-order valence-corrected chi connectivity index (χ0v) is 12.8. The number of carbonyl (C=O) groups excluding carboxylic acids is 1. The summed E-state index contributed by atoms with van der Waals surface area (Å²) in [6.07, 6.45) is 1.75. The van der Waals surface area contributed by atoms with E-state index in [4.69, 9.17) is 9.47 Å². The molecule has 2 aromatic carbocycles. The fourth-order valence-corrected chi connectivity index (χ4v) is 2.91. The van der Waals surface area contributed by atoms with Crippen LogP contribution >= 0.6 is 0 Å². The van der Waals surface area contributed by atoms with Gasteiger partial charge in [-0.1, -0.05) is 24.3 Å². The number of hydrogen-bond acceptors (Lipinski definition) is 3. The predicted molar refractivity (Wildman–Crippen MR) is 84.7 cm³/mol. The molecular weight excluding hydrogens is 278 g/mol. The molecule has 0 radical (unpaired) electrons.